The maximum absolute atomic E-state index is 5.73. The van der Waals surface area contributed by atoms with E-state index in [0.29, 0.717) is 0 Å². The van der Waals surface area contributed by atoms with Crippen LogP contribution in [-0.4, -0.2) is 21.2 Å². The zero-order valence-corrected chi connectivity index (χ0v) is 12.6. The van der Waals surface area contributed by atoms with Crippen molar-refractivity contribution >= 4 is 5.69 Å². The minimum Gasteiger partial charge on any atom is -0.399 e. The number of nitrogen functional groups attached to an aromatic ring is 1. The van der Waals surface area contributed by atoms with Crippen molar-refractivity contribution in [1.29, 1.82) is 0 Å². The fourth-order valence-electron chi connectivity index (χ4n) is 2.39. The number of hydrogen-bond donors (Lipinski definition) is 1. The average Bonchev–Trinajstić information content (AvgIpc) is 2.80. The van der Waals surface area contributed by atoms with Gasteiger partial charge in [-0.15, -0.1) is 0 Å². The highest BCUT2D eigenvalue weighted by Gasteiger charge is 2.10. The molecule has 2 rings (SSSR count). The third kappa shape index (κ3) is 3.61. The second kappa shape index (κ2) is 6.57. The van der Waals surface area contributed by atoms with E-state index in [2.05, 4.69) is 46.7 Å². The van der Waals surface area contributed by atoms with Crippen molar-refractivity contribution in [2.24, 2.45) is 0 Å². The number of anilines is 1. The molecule has 1 heterocycles. The van der Waals surface area contributed by atoms with Crippen LogP contribution < -0.4 is 5.73 Å². The minimum atomic E-state index is 0.816. The van der Waals surface area contributed by atoms with E-state index in [1.54, 1.807) is 0 Å². The third-order valence-electron chi connectivity index (χ3n) is 3.50. The first-order chi connectivity index (χ1) is 9.62. The normalized spacial score (nSPS) is 11.2. The third-order valence-corrected chi connectivity index (χ3v) is 3.50. The summed E-state index contributed by atoms with van der Waals surface area (Å²) in [4.78, 5) is 2.41. The van der Waals surface area contributed by atoms with Gasteiger partial charge in [0, 0.05) is 25.3 Å². The molecule has 0 spiro atoms. The van der Waals surface area contributed by atoms with Crippen LogP contribution in [0.1, 0.15) is 30.8 Å². The van der Waals surface area contributed by atoms with Crippen LogP contribution in [0.3, 0.4) is 0 Å². The summed E-state index contributed by atoms with van der Waals surface area (Å²) in [6.45, 7) is 10.2. The summed E-state index contributed by atoms with van der Waals surface area (Å²) in [5.41, 5.74) is 10.2. The molecule has 2 aromatic rings. The second-order valence-corrected chi connectivity index (χ2v) is 5.14. The SMILES string of the molecule is CCN(Cc1ccc(N)cc1)Cc1cc(C)nn1CC. The molecule has 0 bridgehead atoms. The number of hydrogen-bond acceptors (Lipinski definition) is 3. The number of rotatable bonds is 6. The number of aromatic nitrogens is 2. The molecule has 0 atom stereocenters. The van der Waals surface area contributed by atoms with E-state index >= 15 is 0 Å². The van der Waals surface area contributed by atoms with Crippen molar-refractivity contribution in [3.8, 4) is 0 Å². The van der Waals surface area contributed by atoms with Gasteiger partial charge in [-0.05, 0) is 44.2 Å². The first-order valence-corrected chi connectivity index (χ1v) is 7.22. The van der Waals surface area contributed by atoms with Gasteiger partial charge in [0.25, 0.3) is 0 Å². The van der Waals surface area contributed by atoms with E-state index in [1.165, 1.54) is 11.3 Å². The van der Waals surface area contributed by atoms with Crippen LogP contribution >= 0.6 is 0 Å². The van der Waals surface area contributed by atoms with Crippen LogP contribution in [0.15, 0.2) is 30.3 Å². The van der Waals surface area contributed by atoms with Gasteiger partial charge in [-0.3, -0.25) is 9.58 Å². The lowest BCUT2D eigenvalue weighted by Crippen LogP contribution is -2.24. The van der Waals surface area contributed by atoms with Crippen LogP contribution in [-0.2, 0) is 19.6 Å². The van der Waals surface area contributed by atoms with Gasteiger partial charge in [-0.25, -0.2) is 0 Å². The van der Waals surface area contributed by atoms with E-state index in [9.17, 15) is 0 Å². The Hall–Kier alpha value is -1.81. The summed E-state index contributed by atoms with van der Waals surface area (Å²) in [7, 11) is 0. The Morgan fingerprint density at radius 3 is 2.45 bits per heavy atom. The van der Waals surface area contributed by atoms with Gasteiger partial charge in [0.2, 0.25) is 0 Å². The van der Waals surface area contributed by atoms with Crippen molar-refractivity contribution in [3.63, 3.8) is 0 Å². The highest BCUT2D eigenvalue weighted by Crippen LogP contribution is 2.12. The monoisotopic (exact) mass is 272 g/mol. The van der Waals surface area contributed by atoms with Gasteiger partial charge in [-0.2, -0.15) is 5.10 Å². The van der Waals surface area contributed by atoms with E-state index < -0.39 is 0 Å². The van der Waals surface area contributed by atoms with E-state index in [1.807, 2.05) is 19.1 Å². The van der Waals surface area contributed by atoms with Gasteiger partial charge < -0.3 is 5.73 Å². The molecule has 4 nitrogen and oxygen atoms in total. The Bertz CT molecular complexity index is 542. The molecule has 0 unspecified atom stereocenters. The van der Waals surface area contributed by atoms with Crippen molar-refractivity contribution in [2.75, 3.05) is 12.3 Å². The summed E-state index contributed by atoms with van der Waals surface area (Å²) in [5, 5.41) is 4.51. The van der Waals surface area contributed by atoms with Gasteiger partial charge >= 0.3 is 0 Å². The lowest BCUT2D eigenvalue weighted by atomic mass is 10.2. The minimum absolute atomic E-state index is 0.816. The predicted molar refractivity (Wildman–Crippen MR) is 83.3 cm³/mol. The summed E-state index contributed by atoms with van der Waals surface area (Å²) in [5.74, 6) is 0. The molecule has 0 aliphatic carbocycles. The van der Waals surface area contributed by atoms with Crippen LogP contribution in [0.25, 0.3) is 0 Å². The fourth-order valence-corrected chi connectivity index (χ4v) is 2.39. The highest BCUT2D eigenvalue weighted by molar-refractivity contribution is 5.39. The van der Waals surface area contributed by atoms with E-state index in [4.69, 9.17) is 5.73 Å². The standard InChI is InChI=1S/C16H24N4/c1-4-19(11-14-6-8-15(17)9-7-14)12-16-10-13(3)18-20(16)5-2/h6-10H,4-5,11-12,17H2,1-3H3. The fraction of sp³-hybridized carbons (Fsp3) is 0.438. The Morgan fingerprint density at radius 2 is 1.85 bits per heavy atom. The molecule has 1 aromatic carbocycles. The van der Waals surface area contributed by atoms with Gasteiger partial charge in [0.05, 0.1) is 11.4 Å². The Balaban J connectivity index is 2.06. The molecule has 0 aliphatic rings. The zero-order chi connectivity index (χ0) is 14.5. The zero-order valence-electron chi connectivity index (χ0n) is 12.6. The molecule has 20 heavy (non-hydrogen) atoms. The molecule has 1 aromatic heterocycles. The van der Waals surface area contributed by atoms with Crippen LogP contribution in [0, 0.1) is 6.92 Å². The van der Waals surface area contributed by atoms with Gasteiger partial charge in [0.15, 0.2) is 0 Å². The van der Waals surface area contributed by atoms with Crippen molar-refractivity contribution in [3.05, 3.63) is 47.3 Å². The van der Waals surface area contributed by atoms with Gasteiger partial charge in [-0.1, -0.05) is 19.1 Å². The molecule has 2 N–H and O–H groups in total. The highest BCUT2D eigenvalue weighted by atomic mass is 15.3. The Labute approximate surface area is 121 Å². The topological polar surface area (TPSA) is 47.1 Å². The molecule has 0 fully saturated rings. The summed E-state index contributed by atoms with van der Waals surface area (Å²) < 4.78 is 2.08. The maximum atomic E-state index is 5.73. The largest absolute Gasteiger partial charge is 0.399 e. The van der Waals surface area contributed by atoms with Crippen LogP contribution in [0.5, 0.6) is 0 Å². The van der Waals surface area contributed by atoms with Gasteiger partial charge in [0.1, 0.15) is 0 Å². The summed E-state index contributed by atoms with van der Waals surface area (Å²) in [6, 6.07) is 10.3. The molecule has 0 aliphatic heterocycles. The molecule has 0 amide bonds. The second-order valence-electron chi connectivity index (χ2n) is 5.14. The lowest BCUT2D eigenvalue weighted by Gasteiger charge is -2.21. The smallest absolute Gasteiger partial charge is 0.0597 e. The average molecular weight is 272 g/mol. The quantitative estimate of drug-likeness (QED) is 0.823. The van der Waals surface area contributed by atoms with E-state index in [-0.39, 0.29) is 0 Å². The molecule has 108 valence electrons. The number of nitrogens with zero attached hydrogens (tertiary/aromatic N) is 3. The molecule has 0 radical (unpaired) electrons. The van der Waals surface area contributed by atoms with Crippen molar-refractivity contribution in [2.45, 2.75) is 40.4 Å². The van der Waals surface area contributed by atoms with Crippen LogP contribution in [0.2, 0.25) is 0 Å². The first-order valence-electron chi connectivity index (χ1n) is 7.22. The van der Waals surface area contributed by atoms with Crippen molar-refractivity contribution in [1.82, 2.24) is 14.7 Å². The number of aryl methyl sites for hydroxylation is 2. The molecule has 0 saturated heterocycles. The number of benzene rings is 1. The van der Waals surface area contributed by atoms with Crippen LogP contribution in [0.4, 0.5) is 5.69 Å². The Morgan fingerprint density at radius 1 is 1.15 bits per heavy atom. The first kappa shape index (κ1) is 14.6. The molecular weight excluding hydrogens is 248 g/mol. The summed E-state index contributed by atoms with van der Waals surface area (Å²) >= 11 is 0. The van der Waals surface area contributed by atoms with E-state index in [0.717, 1.165) is 37.6 Å². The lowest BCUT2D eigenvalue weighted by molar-refractivity contribution is 0.262. The predicted octanol–water partition coefficient (Wildman–Crippen LogP) is 2.82. The van der Waals surface area contributed by atoms with Crippen molar-refractivity contribution < 1.29 is 0 Å². The maximum Gasteiger partial charge on any atom is 0.0597 e. The molecule has 4 heteroatoms. The molecule has 0 saturated carbocycles. The Kier molecular flexibility index (Phi) is 4.79. The molecular formula is C16H24N4. The summed E-state index contributed by atoms with van der Waals surface area (Å²) in [6.07, 6.45) is 0. The number of nitrogens with two attached hydrogens (primary N) is 1.